The number of rotatable bonds is 1. The number of likely N-dealkylation sites (tertiary alicyclic amines) is 1. The Morgan fingerprint density at radius 3 is 2.30 bits per heavy atom. The highest BCUT2D eigenvalue weighted by Gasteiger charge is 2.28. The third-order valence-electron chi connectivity index (χ3n) is 2.26. The van der Waals surface area contributed by atoms with Crippen LogP contribution in [0.3, 0.4) is 0 Å². The van der Waals surface area contributed by atoms with Crippen LogP contribution in [0, 0.1) is 0 Å². The molecule has 0 bridgehead atoms. The fraction of sp³-hybridized carbons (Fsp3) is 1.00. The van der Waals surface area contributed by atoms with E-state index >= 15 is 0 Å². The van der Waals surface area contributed by atoms with Crippen molar-refractivity contribution in [1.29, 1.82) is 0 Å². The topological polar surface area (TPSA) is 23.5 Å². The lowest BCUT2D eigenvalue weighted by atomic mass is 10.2. The first-order chi connectivity index (χ1) is 4.61. The zero-order valence-corrected chi connectivity index (χ0v) is 7.04. The Morgan fingerprint density at radius 2 is 2.10 bits per heavy atom. The first kappa shape index (κ1) is 8.02. The van der Waals surface area contributed by atoms with Crippen LogP contribution in [0.5, 0.6) is 0 Å². The minimum Gasteiger partial charge on any atom is -0.392 e. The molecular weight excluding hydrogens is 126 g/mol. The van der Waals surface area contributed by atoms with Gasteiger partial charge >= 0.3 is 0 Å². The van der Waals surface area contributed by atoms with Gasteiger partial charge in [0.05, 0.1) is 6.10 Å². The molecule has 0 aromatic carbocycles. The monoisotopic (exact) mass is 143 g/mol. The third-order valence-corrected chi connectivity index (χ3v) is 2.26. The van der Waals surface area contributed by atoms with Crippen molar-refractivity contribution in [3.63, 3.8) is 0 Å². The van der Waals surface area contributed by atoms with Gasteiger partial charge in [-0.3, -0.25) is 4.90 Å². The summed E-state index contributed by atoms with van der Waals surface area (Å²) in [7, 11) is 0. The van der Waals surface area contributed by atoms with Crippen LogP contribution in [0.15, 0.2) is 0 Å². The second kappa shape index (κ2) is 2.89. The number of β-amino-alcohol motifs (C(OH)–C–C–N with tert-alkyl or cyclic N) is 1. The zero-order chi connectivity index (χ0) is 7.72. The van der Waals surface area contributed by atoms with E-state index in [4.69, 9.17) is 0 Å². The van der Waals surface area contributed by atoms with E-state index < -0.39 is 0 Å². The van der Waals surface area contributed by atoms with Crippen LogP contribution < -0.4 is 0 Å². The van der Waals surface area contributed by atoms with Gasteiger partial charge in [0.15, 0.2) is 0 Å². The van der Waals surface area contributed by atoms with Gasteiger partial charge in [-0.25, -0.2) is 0 Å². The van der Waals surface area contributed by atoms with Crippen LogP contribution in [-0.2, 0) is 0 Å². The van der Waals surface area contributed by atoms with E-state index in [0.717, 1.165) is 13.0 Å². The molecule has 1 saturated heterocycles. The van der Waals surface area contributed by atoms with Gasteiger partial charge in [0.25, 0.3) is 0 Å². The molecule has 0 spiro atoms. The van der Waals surface area contributed by atoms with Crippen molar-refractivity contribution < 1.29 is 5.11 Å². The molecule has 2 atom stereocenters. The van der Waals surface area contributed by atoms with Crippen molar-refractivity contribution >= 4 is 0 Å². The van der Waals surface area contributed by atoms with Gasteiger partial charge in [0.1, 0.15) is 0 Å². The van der Waals surface area contributed by atoms with E-state index in [1.807, 2.05) is 0 Å². The molecule has 1 fully saturated rings. The Labute approximate surface area is 62.8 Å². The lowest BCUT2D eigenvalue weighted by Gasteiger charge is -2.24. The Kier molecular flexibility index (Phi) is 2.32. The van der Waals surface area contributed by atoms with E-state index in [0.29, 0.717) is 12.1 Å². The van der Waals surface area contributed by atoms with E-state index in [9.17, 15) is 5.11 Å². The average molecular weight is 143 g/mol. The SMILES string of the molecule is CC(C)N1C[C@@H](O)C[C@@H]1C. The summed E-state index contributed by atoms with van der Waals surface area (Å²) in [6, 6.07) is 1.14. The number of aliphatic hydroxyl groups excluding tert-OH is 1. The summed E-state index contributed by atoms with van der Waals surface area (Å²) in [6.07, 6.45) is 0.857. The van der Waals surface area contributed by atoms with Crippen molar-refractivity contribution in [3.05, 3.63) is 0 Å². The maximum Gasteiger partial charge on any atom is 0.0682 e. The summed E-state index contributed by atoms with van der Waals surface area (Å²) in [5.41, 5.74) is 0. The van der Waals surface area contributed by atoms with Gasteiger partial charge in [0, 0.05) is 18.6 Å². The molecule has 0 radical (unpaired) electrons. The molecule has 0 aromatic rings. The predicted molar refractivity (Wildman–Crippen MR) is 41.9 cm³/mol. The Hall–Kier alpha value is -0.0800. The van der Waals surface area contributed by atoms with Gasteiger partial charge in [-0.1, -0.05) is 0 Å². The molecule has 1 heterocycles. The van der Waals surface area contributed by atoms with Crippen LogP contribution in [-0.4, -0.2) is 34.7 Å². The Bertz CT molecular complexity index is 114. The molecule has 2 nitrogen and oxygen atoms in total. The molecule has 2 heteroatoms. The van der Waals surface area contributed by atoms with Crippen LogP contribution in [0.25, 0.3) is 0 Å². The van der Waals surface area contributed by atoms with Crippen molar-refractivity contribution in [2.24, 2.45) is 0 Å². The standard InChI is InChI=1S/C8H17NO/c1-6(2)9-5-8(10)4-7(9)3/h6-8,10H,4-5H2,1-3H3/t7-,8-/m0/s1. The van der Waals surface area contributed by atoms with Gasteiger partial charge in [-0.2, -0.15) is 0 Å². The fourth-order valence-corrected chi connectivity index (χ4v) is 1.75. The van der Waals surface area contributed by atoms with Gasteiger partial charge in [-0.05, 0) is 27.2 Å². The van der Waals surface area contributed by atoms with Crippen molar-refractivity contribution in [2.45, 2.75) is 45.4 Å². The van der Waals surface area contributed by atoms with Crippen LogP contribution in [0.2, 0.25) is 0 Å². The van der Waals surface area contributed by atoms with Gasteiger partial charge in [-0.15, -0.1) is 0 Å². The smallest absolute Gasteiger partial charge is 0.0682 e. The Morgan fingerprint density at radius 1 is 1.50 bits per heavy atom. The highest BCUT2D eigenvalue weighted by atomic mass is 16.3. The second-order valence-electron chi connectivity index (χ2n) is 3.53. The van der Waals surface area contributed by atoms with Crippen LogP contribution in [0.4, 0.5) is 0 Å². The zero-order valence-electron chi connectivity index (χ0n) is 7.04. The summed E-state index contributed by atoms with van der Waals surface area (Å²) in [5.74, 6) is 0. The first-order valence-corrected chi connectivity index (χ1v) is 4.05. The highest BCUT2D eigenvalue weighted by Crippen LogP contribution is 2.19. The van der Waals surface area contributed by atoms with E-state index in [1.165, 1.54) is 0 Å². The molecule has 1 aliphatic rings. The third kappa shape index (κ3) is 1.50. The largest absolute Gasteiger partial charge is 0.392 e. The molecule has 10 heavy (non-hydrogen) atoms. The molecule has 1 rings (SSSR count). The molecular formula is C8H17NO. The molecule has 60 valence electrons. The predicted octanol–water partition coefficient (Wildman–Crippen LogP) is 0.850. The maximum atomic E-state index is 9.28. The second-order valence-corrected chi connectivity index (χ2v) is 3.53. The molecule has 0 unspecified atom stereocenters. The summed E-state index contributed by atoms with van der Waals surface area (Å²) >= 11 is 0. The van der Waals surface area contributed by atoms with Crippen molar-refractivity contribution in [2.75, 3.05) is 6.54 Å². The summed E-state index contributed by atoms with van der Waals surface area (Å²) in [6.45, 7) is 7.39. The van der Waals surface area contributed by atoms with Crippen LogP contribution >= 0.6 is 0 Å². The number of aliphatic hydroxyl groups is 1. The summed E-state index contributed by atoms with van der Waals surface area (Å²) in [4.78, 5) is 2.34. The number of hydrogen-bond donors (Lipinski definition) is 1. The molecule has 0 saturated carbocycles. The quantitative estimate of drug-likeness (QED) is 0.588. The normalized spacial score (nSPS) is 35.7. The van der Waals surface area contributed by atoms with Gasteiger partial charge in [0.2, 0.25) is 0 Å². The van der Waals surface area contributed by atoms with Gasteiger partial charge < -0.3 is 5.11 Å². The summed E-state index contributed by atoms with van der Waals surface area (Å²) in [5, 5.41) is 9.28. The first-order valence-electron chi connectivity index (χ1n) is 4.05. The minimum atomic E-state index is -0.0857. The summed E-state index contributed by atoms with van der Waals surface area (Å²) < 4.78 is 0. The highest BCUT2D eigenvalue weighted by molar-refractivity contribution is 4.83. The minimum absolute atomic E-state index is 0.0857. The lowest BCUT2D eigenvalue weighted by molar-refractivity contribution is 0.161. The van der Waals surface area contributed by atoms with Crippen LogP contribution in [0.1, 0.15) is 27.2 Å². The molecule has 1 aliphatic heterocycles. The fourth-order valence-electron chi connectivity index (χ4n) is 1.75. The number of nitrogens with zero attached hydrogens (tertiary/aromatic N) is 1. The maximum absolute atomic E-state index is 9.28. The Balaban J connectivity index is 2.46. The lowest BCUT2D eigenvalue weighted by Crippen LogP contribution is -2.34. The van der Waals surface area contributed by atoms with E-state index in [1.54, 1.807) is 0 Å². The molecule has 0 amide bonds. The number of hydrogen-bond acceptors (Lipinski definition) is 2. The van der Waals surface area contributed by atoms with E-state index in [-0.39, 0.29) is 6.10 Å². The molecule has 0 aliphatic carbocycles. The van der Waals surface area contributed by atoms with Crippen molar-refractivity contribution in [1.82, 2.24) is 4.90 Å². The van der Waals surface area contributed by atoms with Crippen molar-refractivity contribution in [3.8, 4) is 0 Å². The molecule has 0 aromatic heterocycles. The average Bonchev–Trinajstić information content (AvgIpc) is 2.10. The van der Waals surface area contributed by atoms with E-state index in [2.05, 4.69) is 25.7 Å². The molecule has 1 N–H and O–H groups in total.